The van der Waals surface area contributed by atoms with E-state index in [1.807, 2.05) is 11.6 Å². The number of para-hydroxylation sites is 1. The Hall–Kier alpha value is -1.47. The first-order valence-corrected chi connectivity index (χ1v) is 8.32. The maximum atomic E-state index is 13.7. The Morgan fingerprint density at radius 2 is 2.30 bits per heavy atom. The van der Waals surface area contributed by atoms with Crippen LogP contribution in [0.1, 0.15) is 5.82 Å². The van der Waals surface area contributed by atoms with Crippen LogP contribution in [-0.2, 0) is 23.3 Å². The summed E-state index contributed by atoms with van der Waals surface area (Å²) in [5.74, 6) is 0.632. The van der Waals surface area contributed by atoms with E-state index in [2.05, 4.69) is 10.3 Å². The Bertz CT molecular complexity index is 754. The van der Waals surface area contributed by atoms with Crippen LogP contribution in [0.5, 0.6) is 0 Å². The molecule has 7 heteroatoms. The van der Waals surface area contributed by atoms with E-state index < -0.39 is 9.84 Å². The number of hydrogen-bond donors (Lipinski definition) is 1. The van der Waals surface area contributed by atoms with Crippen molar-refractivity contribution in [2.45, 2.75) is 12.5 Å². The van der Waals surface area contributed by atoms with Gasteiger partial charge in [-0.1, -0.05) is 6.07 Å². The minimum Gasteiger partial charge on any atom is -0.331 e. The van der Waals surface area contributed by atoms with Crippen molar-refractivity contribution in [3.05, 3.63) is 29.8 Å². The highest BCUT2D eigenvalue weighted by Gasteiger charge is 2.26. The Balaban J connectivity index is 1.91. The van der Waals surface area contributed by atoms with E-state index in [0.717, 1.165) is 5.52 Å². The lowest BCUT2D eigenvalue weighted by Gasteiger charge is -2.23. The van der Waals surface area contributed by atoms with Crippen LogP contribution in [0.25, 0.3) is 11.0 Å². The van der Waals surface area contributed by atoms with Gasteiger partial charge in [-0.15, -0.1) is 0 Å². The van der Waals surface area contributed by atoms with Crippen molar-refractivity contribution in [1.29, 1.82) is 0 Å². The highest BCUT2D eigenvalue weighted by atomic mass is 32.2. The van der Waals surface area contributed by atoms with Gasteiger partial charge in [0.1, 0.15) is 11.3 Å². The van der Waals surface area contributed by atoms with E-state index in [-0.39, 0.29) is 23.4 Å². The maximum absolute atomic E-state index is 13.7. The molecular weight excluding hydrogens is 281 g/mol. The molecule has 1 aromatic heterocycles. The molecule has 1 aliphatic heterocycles. The number of sulfone groups is 1. The number of benzene rings is 1. The molecular formula is C13H16FN3O2S. The molecule has 1 saturated heterocycles. The second-order valence-electron chi connectivity index (χ2n) is 5.16. The Morgan fingerprint density at radius 1 is 1.50 bits per heavy atom. The first-order valence-electron chi connectivity index (χ1n) is 6.50. The zero-order valence-electron chi connectivity index (χ0n) is 11.1. The third kappa shape index (κ3) is 2.43. The van der Waals surface area contributed by atoms with Crippen molar-refractivity contribution in [2.24, 2.45) is 7.05 Å². The van der Waals surface area contributed by atoms with Gasteiger partial charge in [0, 0.05) is 26.1 Å². The predicted molar refractivity (Wildman–Crippen MR) is 74.8 cm³/mol. The molecule has 0 saturated carbocycles. The molecule has 2 heterocycles. The topological polar surface area (TPSA) is 64.0 Å². The highest BCUT2D eigenvalue weighted by molar-refractivity contribution is 7.91. The first-order chi connectivity index (χ1) is 9.46. The van der Waals surface area contributed by atoms with Gasteiger partial charge in [-0.05, 0) is 12.1 Å². The number of halogens is 1. The van der Waals surface area contributed by atoms with Crippen molar-refractivity contribution in [2.75, 3.05) is 18.1 Å². The zero-order chi connectivity index (χ0) is 14.3. The minimum atomic E-state index is -2.98. The smallest absolute Gasteiger partial charge is 0.153 e. The fourth-order valence-corrected chi connectivity index (χ4v) is 4.07. The van der Waals surface area contributed by atoms with Gasteiger partial charge in [0.15, 0.2) is 15.7 Å². The Morgan fingerprint density at radius 3 is 3.00 bits per heavy atom. The number of hydrogen-bond acceptors (Lipinski definition) is 4. The van der Waals surface area contributed by atoms with Crippen LogP contribution in [0.2, 0.25) is 0 Å². The normalized spacial score (nSPS) is 22.2. The lowest BCUT2D eigenvalue weighted by molar-refractivity contribution is 0.505. The van der Waals surface area contributed by atoms with E-state index in [4.69, 9.17) is 0 Å². The maximum Gasteiger partial charge on any atom is 0.153 e. The van der Waals surface area contributed by atoms with E-state index in [1.165, 1.54) is 6.07 Å². The standard InChI is InChI=1S/C13H16FN3O2S/c1-17-11-4-2-3-10(14)13(11)16-12(17)7-9-8-20(18,19)6-5-15-9/h2-4,9,15H,5-8H2,1H3. The minimum absolute atomic E-state index is 0.110. The van der Waals surface area contributed by atoms with Gasteiger partial charge < -0.3 is 9.88 Å². The van der Waals surface area contributed by atoms with Gasteiger partial charge in [-0.25, -0.2) is 17.8 Å². The van der Waals surface area contributed by atoms with Crippen LogP contribution in [-0.4, -0.2) is 42.1 Å². The molecule has 2 aromatic rings. The molecule has 0 radical (unpaired) electrons. The summed E-state index contributed by atoms with van der Waals surface area (Å²) in [6.07, 6.45) is 0.476. The second-order valence-corrected chi connectivity index (χ2v) is 7.39. The summed E-state index contributed by atoms with van der Waals surface area (Å²) in [5.41, 5.74) is 1.06. The number of aryl methyl sites for hydroxylation is 1. The van der Waals surface area contributed by atoms with Gasteiger partial charge in [-0.2, -0.15) is 0 Å². The number of fused-ring (bicyclic) bond motifs is 1. The third-order valence-electron chi connectivity index (χ3n) is 3.69. The quantitative estimate of drug-likeness (QED) is 0.883. The molecule has 3 rings (SSSR count). The molecule has 5 nitrogen and oxygen atoms in total. The summed E-state index contributed by atoms with van der Waals surface area (Å²) in [6, 6.07) is 4.67. The van der Waals surface area contributed by atoms with Crippen LogP contribution in [0.4, 0.5) is 4.39 Å². The van der Waals surface area contributed by atoms with Gasteiger partial charge in [0.05, 0.1) is 17.0 Å². The zero-order valence-corrected chi connectivity index (χ0v) is 12.0. The molecule has 1 N–H and O–H groups in total. The number of imidazole rings is 1. The van der Waals surface area contributed by atoms with Crippen LogP contribution in [0.15, 0.2) is 18.2 Å². The summed E-state index contributed by atoms with van der Waals surface area (Å²) in [6.45, 7) is 0.464. The molecule has 0 aliphatic carbocycles. The van der Waals surface area contributed by atoms with Gasteiger partial charge in [0.2, 0.25) is 0 Å². The summed E-state index contributed by atoms with van der Waals surface area (Å²) in [5, 5.41) is 3.18. The molecule has 1 aromatic carbocycles. The van der Waals surface area contributed by atoms with Crippen molar-refractivity contribution in [3.63, 3.8) is 0 Å². The fraction of sp³-hybridized carbons (Fsp3) is 0.462. The monoisotopic (exact) mass is 297 g/mol. The largest absolute Gasteiger partial charge is 0.331 e. The molecule has 0 bridgehead atoms. The van der Waals surface area contributed by atoms with Gasteiger partial charge in [0.25, 0.3) is 0 Å². The Kier molecular flexibility index (Phi) is 3.25. The van der Waals surface area contributed by atoms with E-state index in [0.29, 0.717) is 24.3 Å². The van der Waals surface area contributed by atoms with Gasteiger partial charge in [-0.3, -0.25) is 0 Å². The molecule has 20 heavy (non-hydrogen) atoms. The fourth-order valence-electron chi connectivity index (χ4n) is 2.63. The molecule has 108 valence electrons. The number of nitrogens with zero attached hydrogens (tertiary/aromatic N) is 2. The second kappa shape index (κ2) is 4.82. The van der Waals surface area contributed by atoms with Crippen molar-refractivity contribution >= 4 is 20.9 Å². The number of nitrogens with one attached hydrogen (secondary N) is 1. The Labute approximate surface area is 116 Å². The molecule has 1 unspecified atom stereocenters. The molecule has 0 amide bonds. The average Bonchev–Trinajstić information content (AvgIpc) is 2.68. The van der Waals surface area contributed by atoms with E-state index >= 15 is 0 Å². The van der Waals surface area contributed by atoms with Crippen LogP contribution >= 0.6 is 0 Å². The van der Waals surface area contributed by atoms with E-state index in [1.54, 1.807) is 12.1 Å². The van der Waals surface area contributed by atoms with Crippen molar-refractivity contribution in [1.82, 2.24) is 14.9 Å². The lowest BCUT2D eigenvalue weighted by Crippen LogP contribution is -2.46. The summed E-state index contributed by atoms with van der Waals surface area (Å²) in [7, 11) is -1.16. The summed E-state index contributed by atoms with van der Waals surface area (Å²) >= 11 is 0. The molecule has 1 aliphatic rings. The molecule has 1 atom stereocenters. The van der Waals surface area contributed by atoms with Crippen LogP contribution in [0, 0.1) is 5.82 Å². The molecule has 1 fully saturated rings. The average molecular weight is 297 g/mol. The van der Waals surface area contributed by atoms with Crippen molar-refractivity contribution in [3.8, 4) is 0 Å². The lowest BCUT2D eigenvalue weighted by atomic mass is 10.2. The first kappa shape index (κ1) is 13.5. The summed E-state index contributed by atoms with van der Waals surface area (Å²) < 4.78 is 38.8. The number of aromatic nitrogens is 2. The van der Waals surface area contributed by atoms with E-state index in [9.17, 15) is 12.8 Å². The third-order valence-corrected chi connectivity index (χ3v) is 5.42. The number of rotatable bonds is 2. The predicted octanol–water partition coefficient (Wildman–Crippen LogP) is 0.641. The molecule has 0 spiro atoms. The van der Waals surface area contributed by atoms with Crippen LogP contribution in [0.3, 0.4) is 0 Å². The van der Waals surface area contributed by atoms with Crippen LogP contribution < -0.4 is 5.32 Å². The van der Waals surface area contributed by atoms with Crippen molar-refractivity contribution < 1.29 is 12.8 Å². The summed E-state index contributed by atoms with van der Waals surface area (Å²) in [4.78, 5) is 4.31. The SMILES string of the molecule is Cn1c(CC2CS(=O)(=O)CCN2)nc2c(F)cccc21. The highest BCUT2D eigenvalue weighted by Crippen LogP contribution is 2.19. The van der Waals surface area contributed by atoms with Gasteiger partial charge >= 0.3 is 0 Å².